The Hall–Kier alpha value is -1.20. The molecule has 1 N–H and O–H groups in total. The van der Waals surface area contributed by atoms with Gasteiger partial charge in [-0.3, -0.25) is 4.79 Å². The Morgan fingerprint density at radius 2 is 1.89 bits per heavy atom. The van der Waals surface area contributed by atoms with Crippen LogP contribution in [0.1, 0.15) is 25.3 Å². The van der Waals surface area contributed by atoms with E-state index in [-0.39, 0.29) is 16.6 Å². The van der Waals surface area contributed by atoms with Crippen LogP contribution in [0.15, 0.2) is 53.4 Å². The van der Waals surface area contributed by atoms with Gasteiger partial charge in [0.2, 0.25) is 5.91 Å². The zero-order valence-electron chi connectivity index (χ0n) is 15.2. The Labute approximate surface area is 174 Å². The molecule has 2 aromatic carbocycles. The van der Waals surface area contributed by atoms with Gasteiger partial charge in [0, 0.05) is 40.1 Å². The topological polar surface area (TPSA) is 38.3 Å². The number of amides is 1. The Morgan fingerprint density at radius 1 is 1.19 bits per heavy atom. The average Bonchev–Trinajstić information content (AvgIpc) is 2.67. The van der Waals surface area contributed by atoms with Crippen molar-refractivity contribution >= 4 is 40.9 Å². The summed E-state index contributed by atoms with van der Waals surface area (Å²) in [6, 6.07) is 15.6. The monoisotopic (exact) mass is 423 g/mol. The lowest BCUT2D eigenvalue weighted by Crippen LogP contribution is -2.46. The van der Waals surface area contributed by atoms with Gasteiger partial charge in [-0.15, -0.1) is 11.8 Å². The first kappa shape index (κ1) is 20.5. The predicted molar refractivity (Wildman–Crippen MR) is 113 cm³/mol. The van der Waals surface area contributed by atoms with Gasteiger partial charge in [-0.1, -0.05) is 47.5 Å². The van der Waals surface area contributed by atoms with Gasteiger partial charge in [-0.2, -0.15) is 0 Å². The molecule has 2 aromatic rings. The quantitative estimate of drug-likeness (QED) is 0.637. The molecular weight excluding hydrogens is 401 g/mol. The third-order valence-electron chi connectivity index (χ3n) is 4.98. The number of nitrogens with one attached hydrogen (secondary N) is 1. The molecule has 0 bridgehead atoms. The molecule has 1 fully saturated rings. The first-order valence-corrected chi connectivity index (χ1v) is 10.7. The highest BCUT2D eigenvalue weighted by Crippen LogP contribution is 2.39. The van der Waals surface area contributed by atoms with Crippen LogP contribution in [-0.4, -0.2) is 30.9 Å². The van der Waals surface area contributed by atoms with E-state index in [1.54, 1.807) is 17.8 Å². The number of carbonyl (C=O) groups is 1. The van der Waals surface area contributed by atoms with Gasteiger partial charge in [-0.25, -0.2) is 0 Å². The molecule has 3 nitrogen and oxygen atoms in total. The standard InChI is InChI=1S/C21H23Cl2NO2S/c1-15(27-17-5-3-2-4-6-17)20(25)24-14-21(9-11-26-12-10-21)18-8-7-16(22)13-19(18)23/h2-8,13,15H,9-12,14H2,1H3,(H,24,25). The second kappa shape index (κ2) is 9.33. The molecule has 1 amide bonds. The lowest BCUT2D eigenvalue weighted by molar-refractivity contribution is -0.120. The summed E-state index contributed by atoms with van der Waals surface area (Å²) in [5, 5.41) is 4.23. The number of hydrogen-bond donors (Lipinski definition) is 1. The van der Waals surface area contributed by atoms with Crippen LogP contribution in [0.25, 0.3) is 0 Å². The van der Waals surface area contributed by atoms with Crippen molar-refractivity contribution in [1.82, 2.24) is 5.32 Å². The van der Waals surface area contributed by atoms with E-state index in [0.29, 0.717) is 29.8 Å². The van der Waals surface area contributed by atoms with Crippen LogP contribution in [0, 0.1) is 0 Å². The molecule has 1 heterocycles. The number of carbonyl (C=O) groups excluding carboxylic acids is 1. The Kier molecular flexibility index (Phi) is 7.10. The lowest BCUT2D eigenvalue weighted by Gasteiger charge is -2.38. The molecule has 1 atom stereocenters. The number of hydrogen-bond acceptors (Lipinski definition) is 3. The van der Waals surface area contributed by atoms with Crippen LogP contribution in [0.3, 0.4) is 0 Å². The molecule has 144 valence electrons. The average molecular weight is 424 g/mol. The number of halogens is 2. The summed E-state index contributed by atoms with van der Waals surface area (Å²) in [6.45, 7) is 3.78. The van der Waals surface area contributed by atoms with Crippen molar-refractivity contribution in [3.63, 3.8) is 0 Å². The van der Waals surface area contributed by atoms with Crippen LogP contribution < -0.4 is 5.32 Å². The predicted octanol–water partition coefficient (Wildman–Crippen LogP) is 5.34. The van der Waals surface area contributed by atoms with E-state index in [9.17, 15) is 4.79 Å². The van der Waals surface area contributed by atoms with Gasteiger partial charge >= 0.3 is 0 Å². The first-order valence-electron chi connectivity index (χ1n) is 9.03. The minimum atomic E-state index is -0.229. The van der Waals surface area contributed by atoms with E-state index in [1.165, 1.54) is 0 Å². The van der Waals surface area contributed by atoms with Crippen molar-refractivity contribution in [2.24, 2.45) is 0 Å². The molecule has 0 aromatic heterocycles. The first-order chi connectivity index (χ1) is 13.0. The normalized spacial score (nSPS) is 17.3. The van der Waals surface area contributed by atoms with Crippen molar-refractivity contribution in [3.8, 4) is 0 Å². The van der Waals surface area contributed by atoms with Crippen molar-refractivity contribution in [1.29, 1.82) is 0 Å². The molecule has 6 heteroatoms. The Morgan fingerprint density at radius 3 is 2.56 bits per heavy atom. The minimum absolute atomic E-state index is 0.0276. The second-order valence-corrected chi connectivity index (χ2v) is 9.07. The van der Waals surface area contributed by atoms with Crippen LogP contribution in [-0.2, 0) is 14.9 Å². The van der Waals surface area contributed by atoms with Gasteiger partial charge in [0.25, 0.3) is 0 Å². The van der Waals surface area contributed by atoms with Crippen molar-refractivity contribution in [3.05, 3.63) is 64.1 Å². The summed E-state index contributed by atoms with van der Waals surface area (Å²) >= 11 is 14.1. The van der Waals surface area contributed by atoms with E-state index in [4.69, 9.17) is 27.9 Å². The van der Waals surface area contributed by atoms with Crippen LogP contribution in [0.4, 0.5) is 0 Å². The zero-order valence-corrected chi connectivity index (χ0v) is 17.5. The second-order valence-electron chi connectivity index (χ2n) is 6.81. The summed E-state index contributed by atoms with van der Waals surface area (Å²) in [6.07, 6.45) is 1.63. The molecule has 3 rings (SSSR count). The molecule has 1 saturated heterocycles. The maximum Gasteiger partial charge on any atom is 0.233 e. The van der Waals surface area contributed by atoms with E-state index in [1.807, 2.05) is 49.4 Å². The van der Waals surface area contributed by atoms with Gasteiger partial charge in [0.1, 0.15) is 0 Å². The van der Waals surface area contributed by atoms with Crippen LogP contribution in [0.5, 0.6) is 0 Å². The Bertz CT molecular complexity index is 779. The van der Waals surface area contributed by atoms with E-state index in [0.717, 1.165) is 23.3 Å². The largest absolute Gasteiger partial charge is 0.381 e. The molecule has 0 spiro atoms. The number of rotatable bonds is 6. The molecule has 0 aliphatic carbocycles. The van der Waals surface area contributed by atoms with Crippen molar-refractivity contribution < 1.29 is 9.53 Å². The maximum absolute atomic E-state index is 12.7. The van der Waals surface area contributed by atoms with Gasteiger partial charge < -0.3 is 10.1 Å². The fraction of sp³-hybridized carbons (Fsp3) is 0.381. The van der Waals surface area contributed by atoms with Crippen molar-refractivity contribution in [2.75, 3.05) is 19.8 Å². The maximum atomic E-state index is 12.7. The molecular formula is C21H23Cl2NO2S. The molecule has 0 saturated carbocycles. The smallest absolute Gasteiger partial charge is 0.233 e. The van der Waals surface area contributed by atoms with Gasteiger partial charge in [0.05, 0.1) is 5.25 Å². The Balaban J connectivity index is 1.70. The van der Waals surface area contributed by atoms with Gasteiger partial charge in [0.15, 0.2) is 0 Å². The van der Waals surface area contributed by atoms with Crippen LogP contribution >= 0.6 is 35.0 Å². The van der Waals surface area contributed by atoms with Crippen molar-refractivity contribution in [2.45, 2.75) is 35.3 Å². The highest BCUT2D eigenvalue weighted by molar-refractivity contribution is 8.00. The molecule has 0 radical (unpaired) electrons. The minimum Gasteiger partial charge on any atom is -0.381 e. The van der Waals surface area contributed by atoms with E-state index < -0.39 is 0 Å². The fourth-order valence-corrected chi connectivity index (χ4v) is 4.90. The summed E-state index contributed by atoms with van der Waals surface area (Å²) in [5.74, 6) is 0.0276. The summed E-state index contributed by atoms with van der Waals surface area (Å²) in [5.41, 5.74) is 0.799. The van der Waals surface area contributed by atoms with E-state index >= 15 is 0 Å². The summed E-state index contributed by atoms with van der Waals surface area (Å²) in [4.78, 5) is 13.8. The highest BCUT2D eigenvalue weighted by Gasteiger charge is 2.36. The third kappa shape index (κ3) is 5.20. The molecule has 1 aliphatic heterocycles. The van der Waals surface area contributed by atoms with Gasteiger partial charge in [-0.05, 0) is 49.6 Å². The number of ether oxygens (including phenoxy) is 1. The number of thioether (sulfide) groups is 1. The fourth-order valence-electron chi connectivity index (χ4n) is 3.38. The van der Waals surface area contributed by atoms with Crippen LogP contribution in [0.2, 0.25) is 10.0 Å². The third-order valence-corrected chi connectivity index (χ3v) is 6.64. The highest BCUT2D eigenvalue weighted by atomic mass is 35.5. The SMILES string of the molecule is CC(Sc1ccccc1)C(=O)NCC1(c2ccc(Cl)cc2Cl)CCOCC1. The molecule has 27 heavy (non-hydrogen) atoms. The van der Waals surface area contributed by atoms with E-state index in [2.05, 4.69) is 5.32 Å². The zero-order chi connectivity index (χ0) is 19.3. The molecule has 1 aliphatic rings. The summed E-state index contributed by atoms with van der Waals surface area (Å²) in [7, 11) is 0. The molecule has 1 unspecified atom stereocenters. The number of benzene rings is 2. The lowest BCUT2D eigenvalue weighted by atomic mass is 9.74. The summed E-state index contributed by atoms with van der Waals surface area (Å²) < 4.78 is 5.56.